The molecule has 1 unspecified atom stereocenters. The van der Waals surface area contributed by atoms with Crippen LogP contribution in [0.3, 0.4) is 0 Å². The third-order valence-electron chi connectivity index (χ3n) is 2.09. The molecule has 17 heavy (non-hydrogen) atoms. The summed E-state index contributed by atoms with van der Waals surface area (Å²) in [5.74, 6) is -8.89. The van der Waals surface area contributed by atoms with Gasteiger partial charge >= 0.3 is 0 Å². The Hall–Kier alpha value is -0.540. The maximum absolute atomic E-state index is 13.9. The smallest absolute Gasteiger partial charge is 0.279 e. The standard InChI is InChI=1S/C8H15F2N3O2S2/c1-11-5(14)8(10,4-17)13-6(15)7(9,3-16)12-2/h12,16-17H,3-4H2,1-2H3,(H,11,14)(H,13,15)/t7-,8?/m0/s1. The summed E-state index contributed by atoms with van der Waals surface area (Å²) in [5.41, 5.74) is 0. The Morgan fingerprint density at radius 1 is 1.06 bits per heavy atom. The van der Waals surface area contributed by atoms with Crippen molar-refractivity contribution in [3.8, 4) is 0 Å². The molecular formula is C8H15F2N3O2S2. The highest BCUT2D eigenvalue weighted by atomic mass is 32.1. The Morgan fingerprint density at radius 3 is 1.82 bits per heavy atom. The molecule has 3 N–H and O–H groups in total. The predicted molar refractivity (Wildman–Crippen MR) is 66.7 cm³/mol. The average molecular weight is 287 g/mol. The molecule has 2 amide bonds. The molecule has 0 aromatic heterocycles. The molecule has 0 rings (SSSR count). The van der Waals surface area contributed by atoms with Crippen LogP contribution in [0.4, 0.5) is 8.78 Å². The van der Waals surface area contributed by atoms with Crippen molar-refractivity contribution in [2.75, 3.05) is 25.6 Å². The van der Waals surface area contributed by atoms with Gasteiger partial charge in [0.2, 0.25) is 5.79 Å². The summed E-state index contributed by atoms with van der Waals surface area (Å²) in [6.07, 6.45) is 0. The molecule has 0 aliphatic rings. The zero-order chi connectivity index (χ0) is 13.7. The van der Waals surface area contributed by atoms with Gasteiger partial charge in [0.25, 0.3) is 17.6 Å². The quantitative estimate of drug-likeness (QED) is 0.330. The summed E-state index contributed by atoms with van der Waals surface area (Å²) in [5, 5.41) is 5.72. The number of halogens is 2. The van der Waals surface area contributed by atoms with E-state index in [0.29, 0.717) is 0 Å². The molecule has 0 saturated heterocycles. The average Bonchev–Trinajstić information content (AvgIpc) is 2.36. The second kappa shape index (κ2) is 6.41. The lowest BCUT2D eigenvalue weighted by Gasteiger charge is -2.28. The van der Waals surface area contributed by atoms with E-state index in [1.165, 1.54) is 14.1 Å². The summed E-state index contributed by atoms with van der Waals surface area (Å²) >= 11 is 7.24. The number of hydrogen-bond donors (Lipinski definition) is 5. The minimum absolute atomic E-state index is 0.508. The van der Waals surface area contributed by atoms with E-state index in [-0.39, 0.29) is 0 Å². The third kappa shape index (κ3) is 3.71. The van der Waals surface area contributed by atoms with Gasteiger partial charge in [0.15, 0.2) is 0 Å². The van der Waals surface area contributed by atoms with E-state index >= 15 is 0 Å². The highest BCUT2D eigenvalue weighted by Gasteiger charge is 2.45. The topological polar surface area (TPSA) is 70.2 Å². The van der Waals surface area contributed by atoms with Crippen LogP contribution in [-0.4, -0.2) is 49.0 Å². The van der Waals surface area contributed by atoms with Gasteiger partial charge in [-0.15, -0.1) is 0 Å². The Balaban J connectivity index is 4.92. The molecule has 2 atom stereocenters. The van der Waals surface area contributed by atoms with Crippen molar-refractivity contribution in [3.63, 3.8) is 0 Å². The third-order valence-corrected chi connectivity index (χ3v) is 2.96. The Labute approximate surface area is 109 Å². The number of nitrogens with one attached hydrogen (secondary N) is 3. The van der Waals surface area contributed by atoms with Crippen LogP contribution in [0.15, 0.2) is 0 Å². The van der Waals surface area contributed by atoms with Gasteiger partial charge in [-0.25, -0.2) is 8.78 Å². The fourth-order valence-corrected chi connectivity index (χ4v) is 1.43. The molecule has 0 fully saturated rings. The molecule has 0 heterocycles. The molecule has 0 aromatic rings. The molecular weight excluding hydrogens is 272 g/mol. The van der Waals surface area contributed by atoms with Crippen LogP contribution in [0, 0.1) is 0 Å². The van der Waals surface area contributed by atoms with E-state index in [1.54, 1.807) is 5.32 Å². The van der Waals surface area contributed by atoms with Gasteiger partial charge < -0.3 is 10.6 Å². The van der Waals surface area contributed by atoms with Crippen LogP contribution in [0.1, 0.15) is 0 Å². The Bertz CT molecular complexity index is 302. The Morgan fingerprint density at radius 2 is 1.53 bits per heavy atom. The number of hydrogen-bond acceptors (Lipinski definition) is 5. The lowest BCUT2D eigenvalue weighted by molar-refractivity contribution is -0.145. The number of thiol groups is 2. The van der Waals surface area contributed by atoms with E-state index in [9.17, 15) is 18.4 Å². The summed E-state index contributed by atoms with van der Waals surface area (Å²) < 4.78 is 27.7. The fraction of sp³-hybridized carbons (Fsp3) is 0.750. The Kier molecular flexibility index (Phi) is 6.20. The fourth-order valence-electron chi connectivity index (χ4n) is 0.910. The molecule has 0 radical (unpaired) electrons. The molecule has 0 aliphatic carbocycles. The first-order valence-electron chi connectivity index (χ1n) is 4.63. The molecule has 5 nitrogen and oxygen atoms in total. The van der Waals surface area contributed by atoms with Crippen molar-refractivity contribution < 1.29 is 18.4 Å². The SMILES string of the molecule is CNC(=O)C(F)(CS)NC(=O)[C@](F)(CS)NC. The minimum Gasteiger partial charge on any atom is -0.355 e. The lowest BCUT2D eigenvalue weighted by atomic mass is 10.2. The normalized spacial score (nSPS) is 17.8. The molecule has 0 bridgehead atoms. The van der Waals surface area contributed by atoms with Crippen molar-refractivity contribution in [1.82, 2.24) is 16.0 Å². The first-order valence-corrected chi connectivity index (χ1v) is 5.89. The molecule has 0 saturated carbocycles. The highest BCUT2D eigenvalue weighted by Crippen LogP contribution is 2.15. The van der Waals surface area contributed by atoms with Crippen molar-refractivity contribution in [3.05, 3.63) is 0 Å². The number of alkyl halides is 2. The predicted octanol–water partition coefficient (Wildman–Crippen LogP) is -0.741. The lowest BCUT2D eigenvalue weighted by Crippen LogP contribution is -2.63. The summed E-state index contributed by atoms with van der Waals surface area (Å²) in [6.45, 7) is 0. The van der Waals surface area contributed by atoms with Gasteiger partial charge in [-0.1, -0.05) is 0 Å². The van der Waals surface area contributed by atoms with Crippen LogP contribution in [0.2, 0.25) is 0 Å². The minimum atomic E-state index is -2.77. The molecule has 0 aliphatic heterocycles. The van der Waals surface area contributed by atoms with Crippen molar-refractivity contribution in [2.45, 2.75) is 11.6 Å². The van der Waals surface area contributed by atoms with Gasteiger partial charge in [-0.2, -0.15) is 25.3 Å². The van der Waals surface area contributed by atoms with Gasteiger partial charge in [0, 0.05) is 12.8 Å². The zero-order valence-electron chi connectivity index (χ0n) is 9.38. The summed E-state index contributed by atoms with van der Waals surface area (Å²) in [4.78, 5) is 22.7. The first-order chi connectivity index (χ1) is 7.79. The van der Waals surface area contributed by atoms with E-state index in [0.717, 1.165) is 0 Å². The van der Waals surface area contributed by atoms with E-state index in [2.05, 4.69) is 30.6 Å². The van der Waals surface area contributed by atoms with Crippen LogP contribution in [0.25, 0.3) is 0 Å². The maximum atomic E-state index is 13.9. The van der Waals surface area contributed by atoms with Gasteiger partial charge in [0.1, 0.15) is 0 Å². The number of carbonyl (C=O) groups is 2. The highest BCUT2D eigenvalue weighted by molar-refractivity contribution is 7.80. The van der Waals surface area contributed by atoms with Crippen LogP contribution < -0.4 is 16.0 Å². The van der Waals surface area contributed by atoms with Gasteiger partial charge in [0.05, 0.1) is 5.75 Å². The monoisotopic (exact) mass is 287 g/mol. The number of likely N-dealkylation sites (N-methyl/N-ethyl adjacent to an activating group) is 2. The van der Waals surface area contributed by atoms with Crippen LogP contribution in [0.5, 0.6) is 0 Å². The number of rotatable bonds is 6. The molecule has 9 heteroatoms. The molecule has 100 valence electrons. The second-order valence-corrected chi connectivity index (χ2v) is 3.83. The second-order valence-electron chi connectivity index (χ2n) is 3.20. The number of carbonyl (C=O) groups excluding carboxylic acids is 2. The van der Waals surface area contributed by atoms with Crippen molar-refractivity contribution >= 4 is 37.1 Å². The van der Waals surface area contributed by atoms with E-state index < -0.39 is 34.9 Å². The van der Waals surface area contributed by atoms with Gasteiger partial charge in [-0.3, -0.25) is 14.9 Å². The molecule has 0 spiro atoms. The zero-order valence-corrected chi connectivity index (χ0v) is 11.2. The van der Waals surface area contributed by atoms with Crippen molar-refractivity contribution in [2.24, 2.45) is 0 Å². The van der Waals surface area contributed by atoms with E-state index in [1.807, 2.05) is 5.32 Å². The summed E-state index contributed by atoms with van der Waals surface area (Å²) in [6, 6.07) is 0. The van der Waals surface area contributed by atoms with E-state index in [4.69, 9.17) is 0 Å². The van der Waals surface area contributed by atoms with Crippen molar-refractivity contribution in [1.29, 1.82) is 0 Å². The largest absolute Gasteiger partial charge is 0.355 e. The van der Waals surface area contributed by atoms with Crippen LogP contribution in [-0.2, 0) is 9.59 Å². The number of amides is 2. The maximum Gasteiger partial charge on any atom is 0.279 e. The van der Waals surface area contributed by atoms with Gasteiger partial charge in [-0.05, 0) is 7.05 Å². The first kappa shape index (κ1) is 16.5. The molecule has 0 aromatic carbocycles. The van der Waals surface area contributed by atoms with Crippen LogP contribution >= 0.6 is 25.3 Å². The summed E-state index contributed by atoms with van der Waals surface area (Å²) in [7, 11) is 2.36.